The van der Waals surface area contributed by atoms with Gasteiger partial charge in [-0.3, -0.25) is 9.10 Å². The SMILES string of the molecule is O=C(Nc1ccc2c(c1)OCCCO2)c1cccc(S(=O)(=O)N2CCCSc3ccccc32)c1. The number of carbonyl (C=O) groups is 1. The van der Waals surface area contributed by atoms with E-state index in [2.05, 4.69) is 5.32 Å². The number of carbonyl (C=O) groups excluding carboxylic acids is 1. The number of amides is 1. The number of hydrogen-bond acceptors (Lipinski definition) is 6. The molecule has 0 aromatic heterocycles. The Bertz CT molecular complexity index is 1330. The monoisotopic (exact) mass is 496 g/mol. The fourth-order valence-corrected chi connectivity index (χ4v) is 6.54. The second-order valence-electron chi connectivity index (χ2n) is 7.94. The first-order valence-corrected chi connectivity index (χ1v) is 13.5. The molecule has 0 fully saturated rings. The lowest BCUT2D eigenvalue weighted by atomic mass is 10.2. The lowest BCUT2D eigenvalue weighted by Gasteiger charge is -2.24. The molecule has 0 bridgehead atoms. The van der Waals surface area contributed by atoms with Crippen LogP contribution in [-0.4, -0.2) is 39.8 Å². The lowest BCUT2D eigenvalue weighted by Crippen LogP contribution is -2.32. The molecule has 0 saturated heterocycles. The molecule has 34 heavy (non-hydrogen) atoms. The molecular weight excluding hydrogens is 472 g/mol. The molecule has 0 radical (unpaired) electrons. The van der Waals surface area contributed by atoms with Crippen molar-refractivity contribution in [2.24, 2.45) is 0 Å². The smallest absolute Gasteiger partial charge is 0.264 e. The molecule has 9 heteroatoms. The number of hydrogen-bond donors (Lipinski definition) is 1. The van der Waals surface area contributed by atoms with Gasteiger partial charge < -0.3 is 14.8 Å². The summed E-state index contributed by atoms with van der Waals surface area (Å²) in [7, 11) is -3.84. The number of thioether (sulfide) groups is 1. The highest BCUT2D eigenvalue weighted by Crippen LogP contribution is 2.37. The molecule has 3 aromatic rings. The number of fused-ring (bicyclic) bond motifs is 2. The van der Waals surface area contributed by atoms with E-state index in [-0.39, 0.29) is 10.5 Å². The van der Waals surface area contributed by atoms with Crippen molar-refractivity contribution in [2.75, 3.05) is 35.1 Å². The number of anilines is 2. The van der Waals surface area contributed by atoms with Crippen LogP contribution in [0.2, 0.25) is 0 Å². The number of rotatable bonds is 4. The molecule has 176 valence electrons. The largest absolute Gasteiger partial charge is 0.490 e. The van der Waals surface area contributed by atoms with Gasteiger partial charge in [0.25, 0.3) is 15.9 Å². The molecule has 0 saturated carbocycles. The van der Waals surface area contributed by atoms with Crippen molar-refractivity contribution >= 4 is 39.1 Å². The van der Waals surface area contributed by atoms with Crippen LogP contribution >= 0.6 is 11.8 Å². The van der Waals surface area contributed by atoms with Crippen molar-refractivity contribution in [1.82, 2.24) is 0 Å². The van der Waals surface area contributed by atoms with Crippen LogP contribution in [0.4, 0.5) is 11.4 Å². The Labute approximate surface area is 203 Å². The summed E-state index contributed by atoms with van der Waals surface area (Å²) < 4.78 is 39.9. The van der Waals surface area contributed by atoms with Gasteiger partial charge in [0.2, 0.25) is 0 Å². The molecule has 0 spiro atoms. The summed E-state index contributed by atoms with van der Waals surface area (Å²) in [6, 6.07) is 18.9. The first-order valence-electron chi connectivity index (χ1n) is 11.1. The highest BCUT2D eigenvalue weighted by molar-refractivity contribution is 7.99. The zero-order valence-electron chi connectivity index (χ0n) is 18.4. The number of para-hydroxylation sites is 1. The van der Waals surface area contributed by atoms with Gasteiger partial charge in [0.15, 0.2) is 11.5 Å². The number of nitrogens with one attached hydrogen (secondary N) is 1. The van der Waals surface area contributed by atoms with E-state index < -0.39 is 15.9 Å². The van der Waals surface area contributed by atoms with E-state index in [0.717, 1.165) is 23.5 Å². The summed E-state index contributed by atoms with van der Waals surface area (Å²) >= 11 is 1.66. The van der Waals surface area contributed by atoms with Gasteiger partial charge in [-0.25, -0.2) is 8.42 Å². The predicted octanol–water partition coefficient (Wildman–Crippen LogP) is 4.79. The van der Waals surface area contributed by atoms with Crippen LogP contribution in [0.25, 0.3) is 0 Å². The molecule has 5 rings (SSSR count). The van der Waals surface area contributed by atoms with Crippen LogP contribution in [0.5, 0.6) is 11.5 Å². The number of benzene rings is 3. The minimum absolute atomic E-state index is 0.0838. The van der Waals surface area contributed by atoms with Gasteiger partial charge >= 0.3 is 0 Å². The predicted molar refractivity (Wildman–Crippen MR) is 133 cm³/mol. The van der Waals surface area contributed by atoms with Crippen molar-refractivity contribution in [1.29, 1.82) is 0 Å². The van der Waals surface area contributed by atoms with Crippen molar-refractivity contribution in [2.45, 2.75) is 22.6 Å². The molecular formula is C25H24N2O5S2. The van der Waals surface area contributed by atoms with E-state index >= 15 is 0 Å². The summed E-state index contributed by atoms with van der Waals surface area (Å²) in [6.07, 6.45) is 1.53. The van der Waals surface area contributed by atoms with Gasteiger partial charge in [0, 0.05) is 35.2 Å². The Morgan fingerprint density at radius 1 is 0.912 bits per heavy atom. The molecule has 1 N–H and O–H groups in total. The van der Waals surface area contributed by atoms with Gasteiger partial charge in [0.05, 0.1) is 23.8 Å². The second-order valence-corrected chi connectivity index (χ2v) is 10.9. The summed E-state index contributed by atoms with van der Waals surface area (Å²) in [5.74, 6) is 1.66. The minimum atomic E-state index is -3.84. The van der Waals surface area contributed by atoms with Gasteiger partial charge in [-0.05, 0) is 54.6 Å². The number of sulfonamides is 1. The first kappa shape index (κ1) is 22.6. The molecule has 0 unspecified atom stereocenters. The van der Waals surface area contributed by atoms with Crippen LogP contribution in [0.3, 0.4) is 0 Å². The first-order chi connectivity index (χ1) is 16.5. The Kier molecular flexibility index (Phi) is 6.38. The highest BCUT2D eigenvalue weighted by atomic mass is 32.2. The quantitative estimate of drug-likeness (QED) is 0.559. The third kappa shape index (κ3) is 4.58. The van der Waals surface area contributed by atoms with E-state index in [4.69, 9.17) is 9.47 Å². The van der Waals surface area contributed by atoms with Crippen molar-refractivity contribution in [3.8, 4) is 11.5 Å². The maximum absolute atomic E-state index is 13.6. The van der Waals surface area contributed by atoms with E-state index in [0.29, 0.717) is 42.6 Å². The highest BCUT2D eigenvalue weighted by Gasteiger charge is 2.28. The van der Waals surface area contributed by atoms with Crippen LogP contribution in [0.15, 0.2) is 76.5 Å². The Hall–Kier alpha value is -3.17. The fourth-order valence-electron chi connectivity index (χ4n) is 3.91. The summed E-state index contributed by atoms with van der Waals surface area (Å²) in [5, 5.41) is 2.83. The van der Waals surface area contributed by atoms with Crippen molar-refractivity contribution < 1.29 is 22.7 Å². The maximum atomic E-state index is 13.6. The zero-order chi connectivity index (χ0) is 23.5. The fraction of sp³-hybridized carbons (Fsp3) is 0.240. The van der Waals surface area contributed by atoms with E-state index in [9.17, 15) is 13.2 Å². The van der Waals surface area contributed by atoms with Crippen molar-refractivity contribution in [3.63, 3.8) is 0 Å². The van der Waals surface area contributed by atoms with Crippen molar-refractivity contribution in [3.05, 3.63) is 72.3 Å². The summed E-state index contributed by atoms with van der Waals surface area (Å²) in [5.41, 5.74) is 1.47. The van der Waals surface area contributed by atoms with Crippen LogP contribution < -0.4 is 19.1 Å². The average Bonchev–Trinajstić information content (AvgIpc) is 3.22. The van der Waals surface area contributed by atoms with E-state index in [1.165, 1.54) is 16.4 Å². The average molecular weight is 497 g/mol. The molecule has 0 aliphatic carbocycles. The molecule has 7 nitrogen and oxygen atoms in total. The standard InChI is InChI=1S/C25H24N2O5S2/c28-25(26-19-10-11-22-23(17-19)32-14-5-13-31-22)18-6-3-7-20(16-18)34(29,30)27-12-4-15-33-24-9-2-1-8-21(24)27/h1-3,6-11,16-17H,4-5,12-15H2,(H,26,28). The molecule has 3 aromatic carbocycles. The van der Waals surface area contributed by atoms with Gasteiger partial charge in [0.1, 0.15) is 0 Å². The third-order valence-electron chi connectivity index (χ3n) is 5.59. The van der Waals surface area contributed by atoms with Gasteiger partial charge in [-0.1, -0.05) is 18.2 Å². The minimum Gasteiger partial charge on any atom is -0.490 e. The van der Waals surface area contributed by atoms with E-state index in [1.54, 1.807) is 42.1 Å². The van der Waals surface area contributed by atoms with Crippen LogP contribution in [0, 0.1) is 0 Å². The molecule has 2 aliphatic rings. The summed E-state index contributed by atoms with van der Waals surface area (Å²) in [4.78, 5) is 14.0. The molecule has 1 amide bonds. The topological polar surface area (TPSA) is 84.9 Å². The number of ether oxygens (including phenoxy) is 2. The normalized spacial score (nSPS) is 15.6. The number of nitrogens with zero attached hydrogens (tertiary/aromatic N) is 1. The van der Waals surface area contributed by atoms with Crippen LogP contribution in [0.1, 0.15) is 23.2 Å². The maximum Gasteiger partial charge on any atom is 0.264 e. The van der Waals surface area contributed by atoms with Gasteiger partial charge in [-0.2, -0.15) is 0 Å². The zero-order valence-corrected chi connectivity index (χ0v) is 20.0. The molecule has 2 heterocycles. The van der Waals surface area contributed by atoms with E-state index in [1.807, 2.05) is 24.3 Å². The molecule has 0 atom stereocenters. The Morgan fingerprint density at radius 3 is 2.62 bits per heavy atom. The lowest BCUT2D eigenvalue weighted by molar-refractivity contribution is 0.102. The Balaban J connectivity index is 1.40. The third-order valence-corrected chi connectivity index (χ3v) is 8.54. The van der Waals surface area contributed by atoms with Crippen LogP contribution in [-0.2, 0) is 10.0 Å². The van der Waals surface area contributed by atoms with Gasteiger partial charge in [-0.15, -0.1) is 11.8 Å². The summed E-state index contributed by atoms with van der Waals surface area (Å²) in [6.45, 7) is 1.52. The Morgan fingerprint density at radius 2 is 1.74 bits per heavy atom. The molecule has 2 aliphatic heterocycles. The second kappa shape index (κ2) is 9.60.